The van der Waals surface area contributed by atoms with Gasteiger partial charge in [-0.05, 0) is 37.1 Å². The van der Waals surface area contributed by atoms with Gasteiger partial charge in [-0.25, -0.2) is 0 Å². The van der Waals surface area contributed by atoms with E-state index < -0.39 is 0 Å². The van der Waals surface area contributed by atoms with E-state index >= 15 is 0 Å². The maximum atomic E-state index is 5.78. The lowest BCUT2D eigenvalue weighted by Crippen LogP contribution is -2.44. The number of nitrogens with zero attached hydrogens (tertiary/aromatic N) is 2. The van der Waals surface area contributed by atoms with Crippen molar-refractivity contribution >= 4 is 5.69 Å². The van der Waals surface area contributed by atoms with Crippen LogP contribution in [0.4, 0.5) is 5.69 Å². The second-order valence-electron chi connectivity index (χ2n) is 6.38. The average molecular weight is 289 g/mol. The Morgan fingerprint density at radius 2 is 2.33 bits per heavy atom. The van der Waals surface area contributed by atoms with Crippen LogP contribution in [0, 0.1) is 0 Å². The molecule has 0 aromatic heterocycles. The van der Waals surface area contributed by atoms with Crippen molar-refractivity contribution in [1.82, 2.24) is 10.2 Å². The fourth-order valence-electron chi connectivity index (χ4n) is 3.40. The van der Waals surface area contributed by atoms with Gasteiger partial charge in [-0.1, -0.05) is 12.1 Å². The number of morpholine rings is 1. The molecule has 1 fully saturated rings. The zero-order chi connectivity index (χ0) is 14.7. The summed E-state index contributed by atoms with van der Waals surface area (Å²) in [5.41, 5.74) is 4.33. The van der Waals surface area contributed by atoms with E-state index in [4.69, 9.17) is 4.74 Å². The van der Waals surface area contributed by atoms with Crippen LogP contribution in [-0.2, 0) is 17.7 Å². The number of hydrogen-bond acceptors (Lipinski definition) is 4. The first-order valence-electron chi connectivity index (χ1n) is 8.06. The van der Waals surface area contributed by atoms with Crippen LogP contribution in [0.25, 0.3) is 0 Å². The fourth-order valence-corrected chi connectivity index (χ4v) is 3.40. The number of ether oxygens (including phenoxy) is 1. The Bertz CT molecular complexity index is 471. The van der Waals surface area contributed by atoms with Gasteiger partial charge < -0.3 is 15.0 Å². The SMILES string of the molecule is CN(Cc1ccc2c(c1)CCCN2C)CC1CNCCO1. The molecule has 1 N–H and O–H groups in total. The summed E-state index contributed by atoms with van der Waals surface area (Å²) in [6.45, 7) is 5.96. The van der Waals surface area contributed by atoms with E-state index in [0.29, 0.717) is 6.10 Å². The molecule has 1 atom stereocenters. The van der Waals surface area contributed by atoms with Crippen molar-refractivity contribution in [3.8, 4) is 0 Å². The van der Waals surface area contributed by atoms with Gasteiger partial charge in [0.05, 0.1) is 12.7 Å². The number of likely N-dealkylation sites (N-methyl/N-ethyl adjacent to an activating group) is 1. The number of benzene rings is 1. The van der Waals surface area contributed by atoms with Crippen LogP contribution in [-0.4, -0.2) is 57.9 Å². The highest BCUT2D eigenvalue weighted by molar-refractivity contribution is 5.56. The zero-order valence-electron chi connectivity index (χ0n) is 13.3. The summed E-state index contributed by atoms with van der Waals surface area (Å²) in [5.74, 6) is 0. The maximum Gasteiger partial charge on any atom is 0.0826 e. The molecule has 0 spiro atoms. The van der Waals surface area contributed by atoms with Gasteiger partial charge in [0, 0.05) is 45.5 Å². The third-order valence-corrected chi connectivity index (χ3v) is 4.47. The van der Waals surface area contributed by atoms with Crippen LogP contribution in [0.1, 0.15) is 17.5 Å². The molecule has 4 heteroatoms. The summed E-state index contributed by atoms with van der Waals surface area (Å²) < 4.78 is 5.78. The number of fused-ring (bicyclic) bond motifs is 1. The molecule has 2 aliphatic rings. The molecule has 1 aromatic rings. The van der Waals surface area contributed by atoms with Crippen LogP contribution in [0.15, 0.2) is 18.2 Å². The van der Waals surface area contributed by atoms with Crippen molar-refractivity contribution in [3.63, 3.8) is 0 Å². The van der Waals surface area contributed by atoms with Crippen molar-refractivity contribution < 1.29 is 4.74 Å². The summed E-state index contributed by atoms with van der Waals surface area (Å²) in [5, 5.41) is 3.39. The van der Waals surface area contributed by atoms with Gasteiger partial charge in [0.2, 0.25) is 0 Å². The molecule has 0 aliphatic carbocycles. The Balaban J connectivity index is 1.59. The molecule has 4 nitrogen and oxygen atoms in total. The smallest absolute Gasteiger partial charge is 0.0826 e. The van der Waals surface area contributed by atoms with E-state index in [1.807, 2.05) is 0 Å². The van der Waals surface area contributed by atoms with Crippen molar-refractivity contribution in [2.75, 3.05) is 51.8 Å². The quantitative estimate of drug-likeness (QED) is 0.909. The van der Waals surface area contributed by atoms with Gasteiger partial charge in [0.25, 0.3) is 0 Å². The third kappa shape index (κ3) is 3.76. The molecule has 3 rings (SSSR count). The fraction of sp³-hybridized carbons (Fsp3) is 0.647. The summed E-state index contributed by atoms with van der Waals surface area (Å²) in [6.07, 6.45) is 2.81. The molecule has 1 aromatic carbocycles. The molecule has 0 saturated carbocycles. The predicted octanol–water partition coefficient (Wildman–Crippen LogP) is 1.49. The average Bonchev–Trinajstić information content (AvgIpc) is 2.48. The number of nitrogens with one attached hydrogen (secondary N) is 1. The van der Waals surface area contributed by atoms with Crippen LogP contribution in [0.2, 0.25) is 0 Å². The Kier molecular flexibility index (Phi) is 4.78. The van der Waals surface area contributed by atoms with E-state index in [9.17, 15) is 0 Å². The highest BCUT2D eigenvalue weighted by Gasteiger charge is 2.17. The highest BCUT2D eigenvalue weighted by Crippen LogP contribution is 2.27. The minimum atomic E-state index is 0.326. The molecule has 21 heavy (non-hydrogen) atoms. The van der Waals surface area contributed by atoms with E-state index in [2.05, 4.69) is 47.4 Å². The number of rotatable bonds is 4. The molecule has 116 valence electrons. The Morgan fingerprint density at radius 3 is 3.14 bits per heavy atom. The van der Waals surface area contributed by atoms with Crippen molar-refractivity contribution in [2.45, 2.75) is 25.5 Å². The Morgan fingerprint density at radius 1 is 1.43 bits per heavy atom. The second-order valence-corrected chi connectivity index (χ2v) is 6.38. The van der Waals surface area contributed by atoms with Gasteiger partial charge in [0.15, 0.2) is 0 Å². The number of hydrogen-bond donors (Lipinski definition) is 1. The molecular weight excluding hydrogens is 262 g/mol. The van der Waals surface area contributed by atoms with E-state index in [0.717, 1.165) is 32.8 Å². The summed E-state index contributed by atoms with van der Waals surface area (Å²) >= 11 is 0. The van der Waals surface area contributed by atoms with Gasteiger partial charge in [0.1, 0.15) is 0 Å². The van der Waals surface area contributed by atoms with Gasteiger partial charge in [-0.2, -0.15) is 0 Å². The van der Waals surface area contributed by atoms with Gasteiger partial charge >= 0.3 is 0 Å². The largest absolute Gasteiger partial charge is 0.374 e. The van der Waals surface area contributed by atoms with Gasteiger partial charge in [-0.3, -0.25) is 4.90 Å². The monoisotopic (exact) mass is 289 g/mol. The third-order valence-electron chi connectivity index (χ3n) is 4.47. The first-order chi connectivity index (χ1) is 10.2. The number of aryl methyl sites for hydroxylation is 1. The van der Waals surface area contributed by atoms with Crippen LogP contribution >= 0.6 is 0 Å². The number of anilines is 1. The molecule has 0 bridgehead atoms. The topological polar surface area (TPSA) is 27.7 Å². The molecule has 2 heterocycles. The molecule has 0 amide bonds. The molecule has 0 radical (unpaired) electrons. The van der Waals surface area contributed by atoms with E-state index in [1.54, 1.807) is 0 Å². The van der Waals surface area contributed by atoms with E-state index in [-0.39, 0.29) is 0 Å². The Labute approximate surface area is 128 Å². The molecule has 1 unspecified atom stereocenters. The summed E-state index contributed by atoms with van der Waals surface area (Å²) in [6, 6.07) is 6.95. The zero-order valence-corrected chi connectivity index (χ0v) is 13.3. The van der Waals surface area contributed by atoms with Crippen LogP contribution < -0.4 is 10.2 Å². The van der Waals surface area contributed by atoms with Crippen molar-refractivity contribution in [3.05, 3.63) is 29.3 Å². The van der Waals surface area contributed by atoms with Crippen LogP contribution in [0.3, 0.4) is 0 Å². The Hall–Kier alpha value is -1.10. The first-order valence-corrected chi connectivity index (χ1v) is 8.06. The highest BCUT2D eigenvalue weighted by atomic mass is 16.5. The predicted molar refractivity (Wildman–Crippen MR) is 87.0 cm³/mol. The van der Waals surface area contributed by atoms with Gasteiger partial charge in [-0.15, -0.1) is 0 Å². The lowest BCUT2D eigenvalue weighted by atomic mass is 9.99. The molecular formula is C17H27N3O. The molecule has 1 saturated heterocycles. The normalized spacial score (nSPS) is 22.4. The standard InChI is InChI=1S/C17H27N3O/c1-19(13-16-11-18-7-9-21-16)12-14-5-6-17-15(10-14)4-3-8-20(17)2/h5-6,10,16,18H,3-4,7-9,11-13H2,1-2H3. The lowest BCUT2D eigenvalue weighted by molar-refractivity contribution is 0.00884. The van der Waals surface area contributed by atoms with Crippen LogP contribution in [0.5, 0.6) is 0 Å². The summed E-state index contributed by atoms with van der Waals surface area (Å²) in [7, 11) is 4.38. The lowest BCUT2D eigenvalue weighted by Gasteiger charge is -2.29. The minimum Gasteiger partial charge on any atom is -0.374 e. The summed E-state index contributed by atoms with van der Waals surface area (Å²) in [4.78, 5) is 4.74. The molecule has 2 aliphatic heterocycles. The second kappa shape index (κ2) is 6.77. The minimum absolute atomic E-state index is 0.326. The maximum absolute atomic E-state index is 5.78. The van der Waals surface area contributed by atoms with Crippen molar-refractivity contribution in [2.24, 2.45) is 0 Å². The first kappa shape index (κ1) is 14.8. The van der Waals surface area contributed by atoms with Crippen molar-refractivity contribution in [1.29, 1.82) is 0 Å². The van der Waals surface area contributed by atoms with E-state index in [1.165, 1.54) is 36.2 Å².